The van der Waals surface area contributed by atoms with E-state index in [1.807, 2.05) is 13.8 Å². The second-order valence-corrected chi connectivity index (χ2v) is 28.3. The van der Waals surface area contributed by atoms with Gasteiger partial charge in [0, 0.05) is 32.1 Å². The number of carbonyl (C=O) groups excluding carboxylic acids is 6. The number of Topliss-reactive ketones (excluding diaryl/α,β-unsaturated/α-hetero) is 1. The van der Waals surface area contributed by atoms with E-state index in [4.69, 9.17) is 28.4 Å². The first-order valence-corrected chi connectivity index (χ1v) is 36.1. The Labute approximate surface area is 519 Å². The van der Waals surface area contributed by atoms with Crippen LogP contribution >= 0.6 is 0 Å². The fourth-order valence-electron chi connectivity index (χ4n) is 16.0. The zero-order valence-corrected chi connectivity index (χ0v) is 55.9. The molecule has 12 nitrogen and oxygen atoms in total. The third-order valence-electron chi connectivity index (χ3n) is 21.3. The third-order valence-corrected chi connectivity index (χ3v) is 21.3. The molecule has 3 unspecified atom stereocenters. The number of hydrogen-bond acceptors (Lipinski definition) is 12. The lowest BCUT2D eigenvalue weighted by atomic mass is 9.44. The largest absolute Gasteiger partial charge is 0.511 e. The summed E-state index contributed by atoms with van der Waals surface area (Å²) in [5.74, 6) is 1.43. The molecule has 0 spiro atoms. The van der Waals surface area contributed by atoms with Crippen molar-refractivity contribution in [3.05, 3.63) is 0 Å². The number of hydrogen-bond donors (Lipinski definition) is 0. The van der Waals surface area contributed by atoms with E-state index in [0.29, 0.717) is 48.7 Å². The highest BCUT2D eigenvalue weighted by atomic mass is 16.8. The van der Waals surface area contributed by atoms with Gasteiger partial charge in [0.2, 0.25) is 6.29 Å². The molecule has 85 heavy (non-hydrogen) atoms. The van der Waals surface area contributed by atoms with Crippen LogP contribution in [0.4, 0.5) is 4.79 Å². The van der Waals surface area contributed by atoms with E-state index >= 15 is 0 Å². The van der Waals surface area contributed by atoms with Crippen molar-refractivity contribution < 1.29 is 57.2 Å². The third kappa shape index (κ3) is 28.5. The van der Waals surface area contributed by atoms with E-state index in [1.165, 1.54) is 148 Å². The van der Waals surface area contributed by atoms with E-state index in [1.54, 1.807) is 13.8 Å². The van der Waals surface area contributed by atoms with E-state index in [2.05, 4.69) is 27.7 Å². The Hall–Kier alpha value is -3.18. The summed E-state index contributed by atoms with van der Waals surface area (Å²) in [5, 5.41) is 0. The molecule has 4 rings (SSSR count). The van der Waals surface area contributed by atoms with Gasteiger partial charge in [-0.3, -0.25) is 24.0 Å². The molecule has 0 amide bonds. The number of fused-ring (bicyclic) bond motifs is 5. The first kappa shape index (κ1) is 74.3. The Morgan fingerprint density at radius 2 is 0.929 bits per heavy atom. The molecular formula is C73H128O12. The van der Waals surface area contributed by atoms with Gasteiger partial charge in [0.1, 0.15) is 25.1 Å². The molecule has 12 heteroatoms. The normalized spacial score (nSPS) is 24.5. The maximum absolute atomic E-state index is 13.2. The van der Waals surface area contributed by atoms with Crippen molar-refractivity contribution in [2.45, 2.75) is 363 Å². The van der Waals surface area contributed by atoms with Crippen LogP contribution in [-0.4, -0.2) is 67.5 Å². The van der Waals surface area contributed by atoms with Crippen LogP contribution < -0.4 is 0 Å². The highest BCUT2D eigenvalue weighted by molar-refractivity contribution is 5.79. The average molecular weight is 1200 g/mol. The topological polar surface area (TPSA) is 158 Å². The molecule has 0 aliphatic heterocycles. The lowest BCUT2D eigenvalue weighted by molar-refractivity contribution is -0.175. The molecule has 4 aliphatic carbocycles. The van der Waals surface area contributed by atoms with Crippen LogP contribution in [0.5, 0.6) is 0 Å². The van der Waals surface area contributed by atoms with Crippen molar-refractivity contribution in [2.24, 2.45) is 52.3 Å². The molecule has 11 atom stereocenters. The number of ether oxygens (including phenoxy) is 6. The molecule has 4 saturated carbocycles. The molecule has 492 valence electrons. The van der Waals surface area contributed by atoms with E-state index in [0.717, 1.165) is 116 Å². The lowest BCUT2D eigenvalue weighted by Crippen LogP contribution is -2.54. The SMILES string of the molecule is CCCCCCCCCCCCCCCC(=O)OCC(COC(=O)CCCCCCCCCCCCCCC)OC(=O)CC(C)CCCCCCCC(C)C(=O)OC(C)OC(=O)O[C@H]1CC[C@@]2(C)[C@@H](CC[C@@H]3[C@@H]2CC[C@]2(C)[C@@H](C(C)=O)CC[C@@H]32)C1. The summed E-state index contributed by atoms with van der Waals surface area (Å²) in [7, 11) is 0. The standard InChI is InChI=1S/C73H128O12/c1-9-11-13-15-17-19-21-23-25-27-29-34-38-42-67(75)80-54-62(55-81-68(76)43-39-35-30-28-26-24-22-20-18-16-14-12-10-2)84-69(77)52-56(3)40-36-32-31-33-37-41-57(4)70(78)82-59(6)83-71(79)85-61-48-50-72(7)60(53-61)44-45-63-65-47-46-64(58(5)74)73(65,8)51-49-66(63)72/h56-57,59-66H,9-55H2,1-8H3/t56?,57?,59?,60-,61-,63-,64+,65-,66-,72-,73+/m0/s1. The van der Waals surface area contributed by atoms with Crippen LogP contribution in [0.2, 0.25) is 0 Å². The fourth-order valence-corrected chi connectivity index (χ4v) is 16.0. The van der Waals surface area contributed by atoms with Gasteiger partial charge in [-0.05, 0) is 124 Å². The summed E-state index contributed by atoms with van der Waals surface area (Å²) in [6, 6.07) is 0. The lowest BCUT2D eigenvalue weighted by Gasteiger charge is -2.61. The Kier molecular flexibility index (Phi) is 37.3. The monoisotopic (exact) mass is 1200 g/mol. The van der Waals surface area contributed by atoms with Crippen LogP contribution in [0, 0.1) is 52.3 Å². The van der Waals surface area contributed by atoms with Gasteiger partial charge in [0.25, 0.3) is 0 Å². The minimum atomic E-state index is -1.04. The molecule has 0 saturated heterocycles. The van der Waals surface area contributed by atoms with Crippen LogP contribution in [0.25, 0.3) is 0 Å². The van der Waals surface area contributed by atoms with Crippen molar-refractivity contribution in [3.8, 4) is 0 Å². The molecule has 0 radical (unpaired) electrons. The van der Waals surface area contributed by atoms with Crippen molar-refractivity contribution in [2.75, 3.05) is 13.2 Å². The van der Waals surface area contributed by atoms with Crippen molar-refractivity contribution in [1.29, 1.82) is 0 Å². The first-order valence-electron chi connectivity index (χ1n) is 36.1. The Balaban J connectivity index is 1.06. The van der Waals surface area contributed by atoms with Crippen molar-refractivity contribution in [1.82, 2.24) is 0 Å². The van der Waals surface area contributed by atoms with Gasteiger partial charge in [0.05, 0.1) is 5.92 Å². The van der Waals surface area contributed by atoms with Crippen LogP contribution in [-0.2, 0) is 52.4 Å². The van der Waals surface area contributed by atoms with E-state index in [-0.39, 0.29) is 78.2 Å². The molecule has 0 heterocycles. The molecule has 4 fully saturated rings. The predicted octanol–water partition coefficient (Wildman–Crippen LogP) is 20.0. The van der Waals surface area contributed by atoms with Crippen LogP contribution in [0.15, 0.2) is 0 Å². The number of carbonyl (C=O) groups is 6. The van der Waals surface area contributed by atoms with Gasteiger partial charge in [-0.25, -0.2) is 4.79 Å². The fraction of sp³-hybridized carbons (Fsp3) is 0.918. The minimum absolute atomic E-state index is 0.0913. The zero-order chi connectivity index (χ0) is 61.7. The Morgan fingerprint density at radius 1 is 0.471 bits per heavy atom. The van der Waals surface area contributed by atoms with Crippen LogP contribution in [0.3, 0.4) is 0 Å². The number of rotatable bonds is 48. The Morgan fingerprint density at radius 3 is 1.44 bits per heavy atom. The highest BCUT2D eigenvalue weighted by Crippen LogP contribution is 2.67. The summed E-state index contributed by atoms with van der Waals surface area (Å²) >= 11 is 0. The first-order chi connectivity index (χ1) is 41.0. The van der Waals surface area contributed by atoms with Gasteiger partial charge in [-0.1, -0.05) is 234 Å². The minimum Gasteiger partial charge on any atom is -0.462 e. The molecule has 0 aromatic rings. The highest BCUT2D eigenvalue weighted by Gasteiger charge is 2.61. The zero-order valence-electron chi connectivity index (χ0n) is 55.9. The summed E-state index contributed by atoms with van der Waals surface area (Å²) in [6.45, 7) is 16.4. The van der Waals surface area contributed by atoms with E-state index in [9.17, 15) is 28.8 Å². The van der Waals surface area contributed by atoms with Gasteiger partial charge in [-0.15, -0.1) is 0 Å². The number of unbranched alkanes of at least 4 members (excludes halogenated alkanes) is 28. The molecule has 4 aliphatic rings. The molecule has 0 aromatic heterocycles. The van der Waals surface area contributed by atoms with Crippen molar-refractivity contribution >= 4 is 35.8 Å². The maximum atomic E-state index is 13.2. The second-order valence-electron chi connectivity index (χ2n) is 28.3. The number of ketones is 1. The van der Waals surface area contributed by atoms with Gasteiger partial charge >= 0.3 is 30.0 Å². The second kappa shape index (κ2) is 42.7. The molecular weight excluding hydrogens is 1070 g/mol. The summed E-state index contributed by atoms with van der Waals surface area (Å²) < 4.78 is 33.9. The van der Waals surface area contributed by atoms with Crippen LogP contribution in [0.1, 0.15) is 344 Å². The molecule has 0 bridgehead atoms. The van der Waals surface area contributed by atoms with Gasteiger partial charge in [-0.2, -0.15) is 0 Å². The average Bonchev–Trinajstić information content (AvgIpc) is 1.84. The summed E-state index contributed by atoms with van der Waals surface area (Å²) in [5.41, 5.74) is 0.373. The quantitative estimate of drug-likeness (QED) is 0.0246. The van der Waals surface area contributed by atoms with Crippen molar-refractivity contribution in [3.63, 3.8) is 0 Å². The summed E-state index contributed by atoms with van der Waals surface area (Å²) in [6.07, 6.45) is 45.9. The molecule has 0 aromatic carbocycles. The summed E-state index contributed by atoms with van der Waals surface area (Å²) in [4.78, 5) is 77.3. The number of esters is 4. The maximum Gasteiger partial charge on any atom is 0.511 e. The Bertz CT molecular complexity index is 1820. The predicted molar refractivity (Wildman–Crippen MR) is 340 cm³/mol. The van der Waals surface area contributed by atoms with Gasteiger partial charge < -0.3 is 28.4 Å². The smallest absolute Gasteiger partial charge is 0.462 e. The molecule has 0 N–H and O–H groups in total. The van der Waals surface area contributed by atoms with Gasteiger partial charge in [0.15, 0.2) is 6.10 Å². The van der Waals surface area contributed by atoms with E-state index < -0.39 is 18.5 Å².